The van der Waals surface area contributed by atoms with Gasteiger partial charge in [-0.3, -0.25) is 9.59 Å². The molecule has 0 saturated carbocycles. The summed E-state index contributed by atoms with van der Waals surface area (Å²) in [6.45, 7) is 0. The third kappa shape index (κ3) is 3.95. The SMILES string of the molecule is COC(=O)CCC(C(=O)c1cccc(O)c1)c1ccccc1. The summed E-state index contributed by atoms with van der Waals surface area (Å²) in [4.78, 5) is 24.1. The van der Waals surface area contributed by atoms with E-state index in [2.05, 4.69) is 4.74 Å². The number of rotatable bonds is 6. The van der Waals surface area contributed by atoms with Crippen molar-refractivity contribution in [2.24, 2.45) is 0 Å². The lowest BCUT2D eigenvalue weighted by molar-refractivity contribution is -0.140. The second kappa shape index (κ2) is 7.41. The van der Waals surface area contributed by atoms with Gasteiger partial charge in [-0.1, -0.05) is 42.5 Å². The van der Waals surface area contributed by atoms with Gasteiger partial charge in [-0.15, -0.1) is 0 Å². The number of hydrogen-bond acceptors (Lipinski definition) is 4. The van der Waals surface area contributed by atoms with Crippen LogP contribution in [0.3, 0.4) is 0 Å². The summed E-state index contributed by atoms with van der Waals surface area (Å²) < 4.78 is 4.65. The first kappa shape index (κ1) is 15.8. The average molecular weight is 298 g/mol. The fraction of sp³-hybridized carbons (Fsp3) is 0.222. The number of phenolic OH excluding ortho intramolecular Hbond substituents is 1. The van der Waals surface area contributed by atoms with Crippen LogP contribution in [0.5, 0.6) is 5.75 Å². The van der Waals surface area contributed by atoms with Gasteiger partial charge in [0.05, 0.1) is 7.11 Å². The van der Waals surface area contributed by atoms with Gasteiger partial charge in [0.25, 0.3) is 0 Å². The minimum Gasteiger partial charge on any atom is -0.508 e. The van der Waals surface area contributed by atoms with E-state index in [1.807, 2.05) is 30.3 Å². The Hall–Kier alpha value is -2.62. The number of aromatic hydroxyl groups is 1. The van der Waals surface area contributed by atoms with Gasteiger partial charge in [-0.2, -0.15) is 0 Å². The van der Waals surface area contributed by atoms with Gasteiger partial charge in [-0.25, -0.2) is 0 Å². The highest BCUT2D eigenvalue weighted by atomic mass is 16.5. The lowest BCUT2D eigenvalue weighted by atomic mass is 9.87. The Morgan fingerprint density at radius 2 is 1.82 bits per heavy atom. The maximum atomic E-state index is 12.7. The van der Waals surface area contributed by atoms with E-state index in [1.165, 1.54) is 19.2 Å². The summed E-state index contributed by atoms with van der Waals surface area (Å²) in [7, 11) is 1.33. The van der Waals surface area contributed by atoms with Gasteiger partial charge in [0, 0.05) is 17.9 Å². The molecule has 0 bridgehead atoms. The smallest absolute Gasteiger partial charge is 0.305 e. The first-order chi connectivity index (χ1) is 10.6. The highest BCUT2D eigenvalue weighted by molar-refractivity contribution is 6.01. The zero-order valence-electron chi connectivity index (χ0n) is 12.4. The number of ketones is 1. The van der Waals surface area contributed by atoms with E-state index in [-0.39, 0.29) is 23.9 Å². The molecule has 0 spiro atoms. The third-order valence-corrected chi connectivity index (χ3v) is 3.51. The largest absolute Gasteiger partial charge is 0.508 e. The minimum absolute atomic E-state index is 0.0469. The highest BCUT2D eigenvalue weighted by Crippen LogP contribution is 2.27. The van der Waals surface area contributed by atoms with Crippen LogP contribution in [0.15, 0.2) is 54.6 Å². The molecule has 0 amide bonds. The molecule has 114 valence electrons. The van der Waals surface area contributed by atoms with Crippen molar-refractivity contribution in [2.45, 2.75) is 18.8 Å². The predicted octanol–water partition coefficient (Wildman–Crippen LogP) is 3.31. The maximum absolute atomic E-state index is 12.7. The Bertz CT molecular complexity index is 649. The van der Waals surface area contributed by atoms with E-state index >= 15 is 0 Å². The van der Waals surface area contributed by atoms with Gasteiger partial charge in [0.2, 0.25) is 0 Å². The molecule has 0 aliphatic rings. The summed E-state index contributed by atoms with van der Waals surface area (Å²) in [6, 6.07) is 15.6. The number of benzene rings is 2. The van der Waals surface area contributed by atoms with Gasteiger partial charge in [-0.05, 0) is 24.1 Å². The van der Waals surface area contributed by atoms with Crippen LogP contribution in [0.25, 0.3) is 0 Å². The molecule has 0 aliphatic carbocycles. The molecule has 4 heteroatoms. The van der Waals surface area contributed by atoms with Crippen LogP contribution in [0, 0.1) is 0 Å². The van der Waals surface area contributed by atoms with E-state index < -0.39 is 5.92 Å². The zero-order valence-corrected chi connectivity index (χ0v) is 12.4. The van der Waals surface area contributed by atoms with Gasteiger partial charge in [0.15, 0.2) is 5.78 Å². The van der Waals surface area contributed by atoms with Gasteiger partial charge < -0.3 is 9.84 Å². The number of hydrogen-bond donors (Lipinski definition) is 1. The second-order valence-corrected chi connectivity index (χ2v) is 4.99. The Balaban J connectivity index is 2.27. The second-order valence-electron chi connectivity index (χ2n) is 4.99. The summed E-state index contributed by atoms with van der Waals surface area (Å²) in [6.07, 6.45) is 0.534. The monoisotopic (exact) mass is 298 g/mol. The predicted molar refractivity (Wildman–Crippen MR) is 82.9 cm³/mol. The molecule has 0 heterocycles. The van der Waals surface area contributed by atoms with Crippen LogP contribution in [0.1, 0.15) is 34.7 Å². The van der Waals surface area contributed by atoms with Crippen LogP contribution < -0.4 is 0 Å². The van der Waals surface area contributed by atoms with Crippen LogP contribution in [-0.4, -0.2) is 24.0 Å². The Morgan fingerprint density at radius 3 is 2.45 bits per heavy atom. The van der Waals surface area contributed by atoms with Crippen LogP contribution >= 0.6 is 0 Å². The third-order valence-electron chi connectivity index (χ3n) is 3.51. The molecular formula is C18H18O4. The Labute approximate surface area is 129 Å². The number of methoxy groups -OCH3 is 1. The summed E-state index contributed by atoms with van der Waals surface area (Å²) >= 11 is 0. The first-order valence-corrected chi connectivity index (χ1v) is 7.07. The fourth-order valence-electron chi connectivity index (χ4n) is 2.36. The Morgan fingerprint density at radius 1 is 1.09 bits per heavy atom. The summed E-state index contributed by atoms with van der Waals surface area (Å²) in [5.41, 5.74) is 1.28. The first-order valence-electron chi connectivity index (χ1n) is 7.07. The number of carbonyl (C=O) groups is 2. The van der Waals surface area contributed by atoms with Crippen molar-refractivity contribution in [3.8, 4) is 5.75 Å². The molecule has 1 N–H and O–H groups in total. The van der Waals surface area contributed by atoms with Crippen LogP contribution in [-0.2, 0) is 9.53 Å². The van der Waals surface area contributed by atoms with E-state index in [0.717, 1.165) is 5.56 Å². The average Bonchev–Trinajstić information content (AvgIpc) is 2.55. The molecule has 2 aromatic rings. The summed E-state index contributed by atoms with van der Waals surface area (Å²) in [5, 5.41) is 9.54. The van der Waals surface area contributed by atoms with Crippen molar-refractivity contribution in [3.05, 3.63) is 65.7 Å². The number of Topliss-reactive ketones (excluding diaryl/α,β-unsaturated/α-hetero) is 1. The maximum Gasteiger partial charge on any atom is 0.305 e. The van der Waals surface area contributed by atoms with Crippen molar-refractivity contribution in [1.82, 2.24) is 0 Å². The fourth-order valence-corrected chi connectivity index (χ4v) is 2.36. The Kier molecular flexibility index (Phi) is 5.31. The van der Waals surface area contributed by atoms with E-state index in [1.54, 1.807) is 12.1 Å². The van der Waals surface area contributed by atoms with Crippen molar-refractivity contribution in [1.29, 1.82) is 0 Å². The van der Waals surface area contributed by atoms with E-state index in [0.29, 0.717) is 12.0 Å². The molecule has 22 heavy (non-hydrogen) atoms. The normalized spacial score (nSPS) is 11.7. The van der Waals surface area contributed by atoms with Crippen LogP contribution in [0.2, 0.25) is 0 Å². The van der Waals surface area contributed by atoms with Crippen molar-refractivity contribution in [2.75, 3.05) is 7.11 Å². The molecule has 0 aliphatic heterocycles. The lowest BCUT2D eigenvalue weighted by Crippen LogP contribution is -2.15. The van der Waals surface area contributed by atoms with Crippen molar-refractivity contribution in [3.63, 3.8) is 0 Å². The molecule has 0 aromatic heterocycles. The van der Waals surface area contributed by atoms with Crippen molar-refractivity contribution >= 4 is 11.8 Å². The molecule has 2 aromatic carbocycles. The topological polar surface area (TPSA) is 63.6 Å². The minimum atomic E-state index is -0.443. The van der Waals surface area contributed by atoms with E-state index in [9.17, 15) is 14.7 Å². The van der Waals surface area contributed by atoms with Crippen LogP contribution in [0.4, 0.5) is 0 Å². The molecule has 2 rings (SSSR count). The van der Waals surface area contributed by atoms with Gasteiger partial charge in [0.1, 0.15) is 5.75 Å². The number of carbonyl (C=O) groups excluding carboxylic acids is 2. The summed E-state index contributed by atoms with van der Waals surface area (Å²) in [5.74, 6) is -0.858. The van der Waals surface area contributed by atoms with Crippen molar-refractivity contribution < 1.29 is 19.4 Å². The quantitative estimate of drug-likeness (QED) is 0.656. The zero-order chi connectivity index (χ0) is 15.9. The molecule has 0 radical (unpaired) electrons. The highest BCUT2D eigenvalue weighted by Gasteiger charge is 2.23. The standard InChI is InChI=1S/C18H18O4/c1-22-17(20)11-10-16(13-6-3-2-4-7-13)18(21)14-8-5-9-15(19)12-14/h2-9,12,16,19H,10-11H2,1H3. The number of esters is 1. The molecule has 4 nitrogen and oxygen atoms in total. The number of ether oxygens (including phenoxy) is 1. The molecular weight excluding hydrogens is 280 g/mol. The molecule has 1 unspecified atom stereocenters. The van der Waals surface area contributed by atoms with E-state index in [4.69, 9.17) is 0 Å². The molecule has 0 saturated heterocycles. The number of phenols is 1. The van der Waals surface area contributed by atoms with Gasteiger partial charge >= 0.3 is 5.97 Å². The molecule has 1 atom stereocenters. The lowest BCUT2D eigenvalue weighted by Gasteiger charge is -2.16. The molecule has 0 fully saturated rings.